The highest BCUT2D eigenvalue weighted by atomic mass is 16.6. The molecule has 3 atom stereocenters. The zero-order valence-corrected chi connectivity index (χ0v) is 18.1. The predicted octanol–water partition coefficient (Wildman–Crippen LogP) is 2.88. The molecule has 7 nitrogen and oxygen atoms in total. The number of likely N-dealkylation sites (tertiary alicyclic amines) is 1. The van der Waals surface area contributed by atoms with Crippen LogP contribution in [0, 0.1) is 5.92 Å². The summed E-state index contributed by atoms with van der Waals surface area (Å²) in [6.45, 7) is 5.03. The Morgan fingerprint density at radius 1 is 1.03 bits per heavy atom. The molecule has 2 amide bonds. The number of amides is 2. The van der Waals surface area contributed by atoms with Gasteiger partial charge in [-0.05, 0) is 44.9 Å². The molecule has 3 N–H and O–H groups in total. The second kappa shape index (κ2) is 9.31. The number of benzene rings is 2. The van der Waals surface area contributed by atoms with E-state index >= 15 is 0 Å². The summed E-state index contributed by atoms with van der Waals surface area (Å²) in [5.41, 5.74) is 6.38. The highest BCUT2D eigenvalue weighted by molar-refractivity contribution is 5.96. The van der Waals surface area contributed by atoms with Crippen molar-refractivity contribution in [1.29, 1.82) is 0 Å². The molecule has 0 aromatic heterocycles. The molecule has 3 rings (SSSR count). The molecule has 1 saturated heterocycles. The number of carbonyl (C=O) groups excluding carboxylic acids is 3. The smallest absolute Gasteiger partial charge is 0.329 e. The number of nitrogens with zero attached hydrogens (tertiary/aromatic N) is 1. The fourth-order valence-corrected chi connectivity index (χ4v) is 3.93. The summed E-state index contributed by atoms with van der Waals surface area (Å²) in [5, 5.41) is 2.91. The first-order valence-corrected chi connectivity index (χ1v) is 10.4. The molecule has 2 aromatic rings. The van der Waals surface area contributed by atoms with Gasteiger partial charge in [0.2, 0.25) is 11.8 Å². The lowest BCUT2D eigenvalue weighted by Gasteiger charge is -2.32. The maximum absolute atomic E-state index is 13.3. The monoisotopic (exact) mass is 423 g/mol. The van der Waals surface area contributed by atoms with Crippen LogP contribution in [0.4, 0.5) is 5.69 Å². The average molecular weight is 424 g/mol. The Kier molecular flexibility index (Phi) is 6.75. The van der Waals surface area contributed by atoms with Crippen LogP contribution in [0.5, 0.6) is 0 Å². The van der Waals surface area contributed by atoms with Crippen LogP contribution in [-0.2, 0) is 19.1 Å². The summed E-state index contributed by atoms with van der Waals surface area (Å²) < 4.78 is 5.57. The van der Waals surface area contributed by atoms with Crippen molar-refractivity contribution in [3.05, 3.63) is 66.2 Å². The van der Waals surface area contributed by atoms with Crippen LogP contribution >= 0.6 is 0 Å². The molecule has 1 heterocycles. The number of nitrogens with one attached hydrogen (secondary N) is 1. The van der Waals surface area contributed by atoms with Crippen molar-refractivity contribution in [3.8, 4) is 0 Å². The summed E-state index contributed by atoms with van der Waals surface area (Å²) in [6, 6.07) is 16.8. The number of hydrogen-bond donors (Lipinski definition) is 2. The standard InChI is InChI=1S/C24H29N3O4/c1-24(2,3)31-23(30)19-14-18(22(29)26-17-12-8-5-9-13-17)21(27(19)20(28)15-25)16-10-6-4-7-11-16/h4-13,18-19,21H,14-15,25H2,1-3H3,(H,26,29). The Morgan fingerprint density at radius 2 is 1.61 bits per heavy atom. The predicted molar refractivity (Wildman–Crippen MR) is 118 cm³/mol. The minimum Gasteiger partial charge on any atom is -0.458 e. The van der Waals surface area contributed by atoms with E-state index in [0.717, 1.165) is 5.56 Å². The summed E-state index contributed by atoms with van der Waals surface area (Å²) in [4.78, 5) is 40.6. The second-order valence-corrected chi connectivity index (χ2v) is 8.61. The van der Waals surface area contributed by atoms with E-state index in [1.165, 1.54) is 4.90 Å². The third-order valence-corrected chi connectivity index (χ3v) is 5.15. The minimum absolute atomic E-state index is 0.152. The van der Waals surface area contributed by atoms with Gasteiger partial charge in [0.15, 0.2) is 0 Å². The molecule has 0 spiro atoms. The second-order valence-electron chi connectivity index (χ2n) is 8.61. The van der Waals surface area contributed by atoms with Gasteiger partial charge in [-0.1, -0.05) is 48.5 Å². The topological polar surface area (TPSA) is 102 Å². The van der Waals surface area contributed by atoms with Gasteiger partial charge in [0, 0.05) is 5.69 Å². The van der Waals surface area contributed by atoms with Crippen LogP contribution in [0.2, 0.25) is 0 Å². The first-order valence-electron chi connectivity index (χ1n) is 10.4. The minimum atomic E-state index is -0.896. The molecule has 0 saturated carbocycles. The van der Waals surface area contributed by atoms with Crippen LogP contribution in [0.3, 0.4) is 0 Å². The van der Waals surface area contributed by atoms with E-state index in [0.29, 0.717) is 5.69 Å². The third-order valence-electron chi connectivity index (χ3n) is 5.15. The zero-order chi connectivity index (χ0) is 22.6. The van der Waals surface area contributed by atoms with Crippen molar-refractivity contribution in [2.75, 3.05) is 11.9 Å². The highest BCUT2D eigenvalue weighted by Crippen LogP contribution is 2.42. The summed E-state index contributed by atoms with van der Waals surface area (Å²) in [6.07, 6.45) is 0.152. The van der Waals surface area contributed by atoms with Gasteiger partial charge in [-0.2, -0.15) is 0 Å². The molecular formula is C24H29N3O4. The largest absolute Gasteiger partial charge is 0.458 e. The van der Waals surface area contributed by atoms with Gasteiger partial charge in [-0.25, -0.2) is 4.79 Å². The van der Waals surface area contributed by atoms with Crippen molar-refractivity contribution in [2.24, 2.45) is 11.7 Å². The van der Waals surface area contributed by atoms with Crippen molar-refractivity contribution in [1.82, 2.24) is 4.90 Å². The number of hydrogen-bond acceptors (Lipinski definition) is 5. The average Bonchev–Trinajstić information content (AvgIpc) is 3.14. The van der Waals surface area contributed by atoms with E-state index in [1.54, 1.807) is 32.9 Å². The van der Waals surface area contributed by atoms with Gasteiger partial charge >= 0.3 is 5.97 Å². The lowest BCUT2D eigenvalue weighted by Crippen LogP contribution is -2.47. The number of esters is 1. The first-order chi connectivity index (χ1) is 14.7. The van der Waals surface area contributed by atoms with E-state index in [2.05, 4.69) is 5.32 Å². The Balaban J connectivity index is 1.99. The van der Waals surface area contributed by atoms with Crippen molar-refractivity contribution in [2.45, 2.75) is 44.9 Å². The van der Waals surface area contributed by atoms with Gasteiger partial charge in [0.1, 0.15) is 11.6 Å². The van der Waals surface area contributed by atoms with Crippen molar-refractivity contribution < 1.29 is 19.1 Å². The molecule has 2 aromatic carbocycles. The molecule has 7 heteroatoms. The van der Waals surface area contributed by atoms with Gasteiger partial charge in [0.05, 0.1) is 18.5 Å². The van der Waals surface area contributed by atoms with Gasteiger partial charge in [-0.15, -0.1) is 0 Å². The van der Waals surface area contributed by atoms with Crippen LogP contribution in [0.1, 0.15) is 38.8 Å². The number of para-hydroxylation sites is 1. The fourth-order valence-electron chi connectivity index (χ4n) is 3.93. The number of anilines is 1. The Hall–Kier alpha value is -3.19. The number of rotatable bonds is 5. The summed E-state index contributed by atoms with van der Waals surface area (Å²) >= 11 is 0. The molecule has 0 aliphatic carbocycles. The van der Waals surface area contributed by atoms with Gasteiger partial charge in [0.25, 0.3) is 0 Å². The van der Waals surface area contributed by atoms with E-state index in [4.69, 9.17) is 10.5 Å². The molecule has 164 valence electrons. The molecule has 1 aliphatic heterocycles. The van der Waals surface area contributed by atoms with E-state index in [-0.39, 0.29) is 18.9 Å². The van der Waals surface area contributed by atoms with E-state index in [9.17, 15) is 14.4 Å². The number of carbonyl (C=O) groups is 3. The van der Waals surface area contributed by atoms with Crippen LogP contribution in [-0.4, -0.2) is 40.9 Å². The van der Waals surface area contributed by atoms with Gasteiger partial charge in [-0.3, -0.25) is 9.59 Å². The zero-order valence-electron chi connectivity index (χ0n) is 18.1. The Labute approximate surface area is 182 Å². The van der Waals surface area contributed by atoms with Crippen LogP contribution in [0.25, 0.3) is 0 Å². The molecule has 31 heavy (non-hydrogen) atoms. The SMILES string of the molecule is CC(C)(C)OC(=O)C1CC(C(=O)Nc2ccccc2)C(c2ccccc2)N1C(=O)CN. The molecule has 0 bridgehead atoms. The van der Waals surface area contributed by atoms with E-state index in [1.807, 2.05) is 48.5 Å². The molecule has 1 aliphatic rings. The maximum Gasteiger partial charge on any atom is 0.329 e. The lowest BCUT2D eigenvalue weighted by molar-refractivity contribution is -0.164. The first kappa shape index (κ1) is 22.5. The van der Waals surface area contributed by atoms with Crippen LogP contribution in [0.15, 0.2) is 60.7 Å². The normalized spacial score (nSPS) is 20.9. The van der Waals surface area contributed by atoms with Crippen LogP contribution < -0.4 is 11.1 Å². The summed E-state index contributed by atoms with van der Waals surface area (Å²) in [5.74, 6) is -1.85. The molecule has 0 radical (unpaired) electrons. The van der Waals surface area contributed by atoms with E-state index < -0.39 is 35.5 Å². The van der Waals surface area contributed by atoms with Gasteiger partial charge < -0.3 is 20.7 Å². The van der Waals surface area contributed by atoms with Crippen molar-refractivity contribution >= 4 is 23.5 Å². The highest BCUT2D eigenvalue weighted by Gasteiger charge is 2.51. The molecule has 1 fully saturated rings. The molecule has 3 unspecified atom stereocenters. The summed E-state index contributed by atoms with van der Waals surface area (Å²) in [7, 11) is 0. The third kappa shape index (κ3) is 5.30. The number of ether oxygens (including phenoxy) is 1. The number of nitrogens with two attached hydrogens (primary N) is 1. The Bertz CT molecular complexity index is 925. The maximum atomic E-state index is 13.3. The fraction of sp³-hybridized carbons (Fsp3) is 0.375. The molecular weight excluding hydrogens is 394 g/mol. The quantitative estimate of drug-likeness (QED) is 0.720. The Morgan fingerprint density at radius 3 is 2.16 bits per heavy atom. The van der Waals surface area contributed by atoms with Crippen molar-refractivity contribution in [3.63, 3.8) is 0 Å². The lowest BCUT2D eigenvalue weighted by atomic mass is 9.92.